The minimum Gasteiger partial charge on any atom is -0.464 e. The zero-order valence-electron chi connectivity index (χ0n) is 11.2. The van der Waals surface area contributed by atoms with Gasteiger partial charge < -0.3 is 15.0 Å². The van der Waals surface area contributed by atoms with Gasteiger partial charge in [-0.05, 0) is 6.07 Å². The Kier molecular flexibility index (Phi) is 3.77. The van der Waals surface area contributed by atoms with Crippen molar-refractivity contribution in [3.8, 4) is 11.8 Å². The molecule has 0 bridgehead atoms. The molecule has 22 heavy (non-hydrogen) atoms. The van der Waals surface area contributed by atoms with Crippen LogP contribution in [0.15, 0.2) is 24.4 Å². The van der Waals surface area contributed by atoms with Crippen LogP contribution in [0, 0.1) is 27.3 Å². The number of ether oxygens (including phenoxy) is 1. The first-order valence-corrected chi connectivity index (χ1v) is 5.84. The fraction of sp³-hybridized carbons (Fsp3) is 0.0769. The van der Waals surface area contributed by atoms with Gasteiger partial charge in [-0.15, -0.1) is 0 Å². The number of carbonyl (C=O) groups excluding carboxylic acids is 1. The number of nitriles is 1. The molecular formula is C13H9FN4O4. The minimum absolute atomic E-state index is 0.0775. The minimum atomic E-state index is -0.898. The summed E-state index contributed by atoms with van der Waals surface area (Å²) in [7, 11) is 1.09. The zero-order valence-corrected chi connectivity index (χ0v) is 11.2. The van der Waals surface area contributed by atoms with Crippen molar-refractivity contribution in [2.75, 3.05) is 12.8 Å². The molecule has 1 heterocycles. The number of nitro benzene ring substituents is 1. The number of aromatic nitrogens is 1. The number of non-ortho nitro benzene ring substituents is 1. The van der Waals surface area contributed by atoms with Gasteiger partial charge in [0.05, 0.1) is 29.0 Å². The van der Waals surface area contributed by atoms with E-state index < -0.39 is 16.7 Å². The van der Waals surface area contributed by atoms with Crippen molar-refractivity contribution in [3.63, 3.8) is 0 Å². The van der Waals surface area contributed by atoms with Crippen LogP contribution in [0.25, 0.3) is 5.69 Å². The van der Waals surface area contributed by atoms with Crippen LogP contribution in [0.3, 0.4) is 0 Å². The van der Waals surface area contributed by atoms with Gasteiger partial charge in [-0.3, -0.25) is 10.1 Å². The van der Waals surface area contributed by atoms with Gasteiger partial charge in [0.2, 0.25) is 0 Å². The maximum atomic E-state index is 14.0. The number of carbonyl (C=O) groups is 1. The Morgan fingerprint density at radius 3 is 2.77 bits per heavy atom. The largest absolute Gasteiger partial charge is 0.464 e. The normalized spacial score (nSPS) is 10.0. The molecule has 0 aliphatic carbocycles. The van der Waals surface area contributed by atoms with Gasteiger partial charge in [0.1, 0.15) is 11.9 Å². The highest BCUT2D eigenvalue weighted by molar-refractivity contribution is 5.96. The third-order valence-corrected chi connectivity index (χ3v) is 2.94. The molecule has 0 aliphatic rings. The summed E-state index contributed by atoms with van der Waals surface area (Å²) in [5.74, 6) is -1.72. The summed E-state index contributed by atoms with van der Waals surface area (Å²) < 4.78 is 19.5. The molecular weight excluding hydrogens is 295 g/mol. The molecule has 1 aromatic carbocycles. The number of nitrogens with zero attached hydrogens (tertiary/aromatic N) is 3. The fourth-order valence-electron chi connectivity index (χ4n) is 1.90. The molecule has 0 saturated heterocycles. The van der Waals surface area contributed by atoms with Crippen LogP contribution in [0.4, 0.5) is 15.8 Å². The van der Waals surface area contributed by atoms with Gasteiger partial charge in [-0.1, -0.05) is 0 Å². The molecule has 2 aromatic rings. The SMILES string of the molecule is COC(=O)c1c(N)c(C#N)cn1-c1cc([N+](=O)[O-])ccc1F. The van der Waals surface area contributed by atoms with Crippen LogP contribution >= 0.6 is 0 Å². The van der Waals surface area contributed by atoms with E-state index in [9.17, 15) is 19.3 Å². The number of nitrogen functional groups attached to an aromatic ring is 1. The van der Waals surface area contributed by atoms with Crippen LogP contribution in [-0.2, 0) is 4.74 Å². The molecule has 0 radical (unpaired) electrons. The van der Waals surface area contributed by atoms with Crippen molar-refractivity contribution in [2.24, 2.45) is 0 Å². The van der Waals surface area contributed by atoms with E-state index in [0.717, 1.165) is 36.1 Å². The number of anilines is 1. The Balaban J connectivity index is 2.78. The third kappa shape index (κ3) is 2.33. The molecule has 0 fully saturated rings. The lowest BCUT2D eigenvalue weighted by Gasteiger charge is -2.09. The molecule has 0 amide bonds. The van der Waals surface area contributed by atoms with Crippen LogP contribution in [0.2, 0.25) is 0 Å². The molecule has 2 rings (SSSR count). The smallest absolute Gasteiger partial charge is 0.357 e. The Hall–Kier alpha value is -3.41. The van der Waals surface area contributed by atoms with E-state index >= 15 is 0 Å². The van der Waals surface area contributed by atoms with Crippen molar-refractivity contribution in [1.29, 1.82) is 5.26 Å². The van der Waals surface area contributed by atoms with Gasteiger partial charge in [-0.2, -0.15) is 5.26 Å². The van der Waals surface area contributed by atoms with Crippen LogP contribution in [0.1, 0.15) is 16.1 Å². The van der Waals surface area contributed by atoms with E-state index in [1.54, 1.807) is 6.07 Å². The highest BCUT2D eigenvalue weighted by Gasteiger charge is 2.24. The van der Waals surface area contributed by atoms with Crippen molar-refractivity contribution >= 4 is 17.3 Å². The van der Waals surface area contributed by atoms with Crippen molar-refractivity contribution in [2.45, 2.75) is 0 Å². The van der Waals surface area contributed by atoms with Crippen molar-refractivity contribution in [3.05, 3.63) is 51.6 Å². The average Bonchev–Trinajstić information content (AvgIpc) is 2.83. The summed E-state index contributed by atoms with van der Waals surface area (Å²) in [6.07, 6.45) is 1.11. The number of esters is 1. The Morgan fingerprint density at radius 2 is 2.23 bits per heavy atom. The van der Waals surface area contributed by atoms with Crippen molar-refractivity contribution < 1.29 is 18.8 Å². The van der Waals surface area contributed by atoms with E-state index in [1.165, 1.54) is 0 Å². The summed E-state index contributed by atoms with van der Waals surface area (Å²) in [5.41, 5.74) is 4.46. The monoisotopic (exact) mass is 304 g/mol. The standard InChI is InChI=1S/C13H9FN4O4/c1-22-13(19)12-11(16)7(5-15)6-17(12)10-4-8(18(20)21)2-3-9(10)14/h2-4,6H,16H2,1H3. The summed E-state index contributed by atoms with van der Waals surface area (Å²) in [5, 5.41) is 19.8. The molecule has 9 heteroatoms. The van der Waals surface area contributed by atoms with E-state index in [-0.39, 0.29) is 28.3 Å². The van der Waals surface area contributed by atoms with Crippen LogP contribution in [0.5, 0.6) is 0 Å². The predicted octanol–water partition coefficient (Wildman–Crippen LogP) is 1.77. The van der Waals surface area contributed by atoms with E-state index in [4.69, 9.17) is 11.0 Å². The molecule has 1 aromatic heterocycles. The number of methoxy groups -OCH3 is 1. The number of hydrogen-bond acceptors (Lipinski definition) is 6. The summed E-state index contributed by atoms with van der Waals surface area (Å²) >= 11 is 0. The lowest BCUT2D eigenvalue weighted by Crippen LogP contribution is -2.12. The highest BCUT2D eigenvalue weighted by Crippen LogP contribution is 2.28. The highest BCUT2D eigenvalue weighted by atomic mass is 19.1. The molecule has 0 atom stereocenters. The average molecular weight is 304 g/mol. The first-order valence-electron chi connectivity index (χ1n) is 5.84. The van der Waals surface area contributed by atoms with Gasteiger partial charge in [0.25, 0.3) is 5.69 Å². The second-order valence-corrected chi connectivity index (χ2v) is 4.17. The van der Waals surface area contributed by atoms with Gasteiger partial charge in [-0.25, -0.2) is 9.18 Å². The number of benzene rings is 1. The first kappa shape index (κ1) is 15.0. The number of halogens is 1. The van der Waals surface area contributed by atoms with Crippen LogP contribution in [-0.4, -0.2) is 22.6 Å². The van der Waals surface area contributed by atoms with Gasteiger partial charge in [0, 0.05) is 18.3 Å². The van der Waals surface area contributed by atoms with Gasteiger partial charge in [0.15, 0.2) is 5.69 Å². The Bertz CT molecular complexity index is 822. The maximum absolute atomic E-state index is 14.0. The zero-order chi connectivity index (χ0) is 16.4. The maximum Gasteiger partial charge on any atom is 0.357 e. The molecule has 0 spiro atoms. The van der Waals surface area contributed by atoms with E-state index in [1.807, 2.05) is 0 Å². The third-order valence-electron chi connectivity index (χ3n) is 2.94. The first-order chi connectivity index (χ1) is 10.4. The van der Waals surface area contributed by atoms with E-state index in [0.29, 0.717) is 0 Å². The molecule has 0 unspecified atom stereocenters. The lowest BCUT2D eigenvalue weighted by atomic mass is 10.2. The lowest BCUT2D eigenvalue weighted by molar-refractivity contribution is -0.384. The fourth-order valence-corrected chi connectivity index (χ4v) is 1.90. The Morgan fingerprint density at radius 1 is 1.55 bits per heavy atom. The summed E-state index contributed by atoms with van der Waals surface area (Å²) in [6.45, 7) is 0. The molecule has 0 aliphatic heterocycles. The Labute approximate surface area is 123 Å². The second-order valence-electron chi connectivity index (χ2n) is 4.17. The summed E-state index contributed by atoms with van der Waals surface area (Å²) in [4.78, 5) is 21.9. The second kappa shape index (κ2) is 5.53. The molecule has 8 nitrogen and oxygen atoms in total. The molecule has 2 N–H and O–H groups in total. The van der Waals surface area contributed by atoms with Crippen LogP contribution < -0.4 is 5.73 Å². The number of nitrogens with two attached hydrogens (primary N) is 1. The van der Waals surface area contributed by atoms with Crippen molar-refractivity contribution in [1.82, 2.24) is 4.57 Å². The van der Waals surface area contributed by atoms with E-state index in [2.05, 4.69) is 4.74 Å². The predicted molar refractivity (Wildman–Crippen MR) is 72.8 cm³/mol. The molecule has 112 valence electrons. The number of nitro groups is 1. The summed E-state index contributed by atoms with van der Waals surface area (Å²) in [6, 6.07) is 4.55. The number of rotatable bonds is 3. The number of hydrogen-bond donors (Lipinski definition) is 1. The quantitative estimate of drug-likeness (QED) is 0.523. The van der Waals surface area contributed by atoms with Gasteiger partial charge >= 0.3 is 5.97 Å². The molecule has 0 saturated carbocycles. The topological polar surface area (TPSA) is 124 Å².